The first kappa shape index (κ1) is 24.0. The van der Waals surface area contributed by atoms with Gasteiger partial charge in [0.25, 0.3) is 11.5 Å². The number of piperazine rings is 1. The molecule has 7 nitrogen and oxygen atoms in total. The number of aromatic nitrogens is 1. The molecule has 0 bridgehead atoms. The monoisotopic (exact) mass is 485 g/mol. The summed E-state index contributed by atoms with van der Waals surface area (Å²) in [6.07, 6.45) is 6.89. The standard InChI is InChI=1S/C24H31N5O2S2/c1-4-9-28-21(27-12-10-26(3)11-13-27)18(16(2)19(15-25)22(28)30)14-20-23(31)29(24(32)33-20)17-7-5-6-8-17/h14,17H,4-13H2,1-3H3/b20-14+. The lowest BCUT2D eigenvalue weighted by Gasteiger charge is -2.36. The van der Waals surface area contributed by atoms with Crippen LogP contribution in [-0.4, -0.2) is 63.9 Å². The van der Waals surface area contributed by atoms with Crippen LogP contribution in [0.3, 0.4) is 0 Å². The molecule has 0 atom stereocenters. The highest BCUT2D eigenvalue weighted by atomic mass is 32.2. The van der Waals surface area contributed by atoms with Gasteiger partial charge >= 0.3 is 0 Å². The molecule has 0 unspecified atom stereocenters. The summed E-state index contributed by atoms with van der Waals surface area (Å²) in [5.41, 5.74) is 1.33. The summed E-state index contributed by atoms with van der Waals surface area (Å²) < 4.78 is 2.35. The molecule has 0 radical (unpaired) electrons. The van der Waals surface area contributed by atoms with Gasteiger partial charge in [-0.05, 0) is 44.9 Å². The first-order chi connectivity index (χ1) is 15.9. The third-order valence-electron chi connectivity index (χ3n) is 6.89. The average molecular weight is 486 g/mol. The Kier molecular flexibility index (Phi) is 7.27. The predicted molar refractivity (Wildman–Crippen MR) is 137 cm³/mol. The molecular formula is C24H31N5O2S2. The van der Waals surface area contributed by atoms with Gasteiger partial charge in [-0.1, -0.05) is 43.7 Å². The number of nitriles is 1. The van der Waals surface area contributed by atoms with E-state index in [1.807, 2.05) is 19.9 Å². The van der Waals surface area contributed by atoms with Crippen LogP contribution in [0.25, 0.3) is 6.08 Å². The summed E-state index contributed by atoms with van der Waals surface area (Å²) in [4.78, 5) is 33.5. The molecule has 1 saturated carbocycles. The van der Waals surface area contributed by atoms with E-state index in [-0.39, 0.29) is 23.1 Å². The number of likely N-dealkylation sites (N-methyl/N-ethyl adjacent to an activating group) is 1. The van der Waals surface area contributed by atoms with Crippen molar-refractivity contribution < 1.29 is 4.79 Å². The molecule has 176 valence electrons. The first-order valence-electron chi connectivity index (χ1n) is 11.7. The van der Waals surface area contributed by atoms with Gasteiger partial charge in [-0.2, -0.15) is 5.26 Å². The highest BCUT2D eigenvalue weighted by Gasteiger charge is 2.38. The maximum atomic E-state index is 13.4. The van der Waals surface area contributed by atoms with Crippen LogP contribution in [0.15, 0.2) is 9.70 Å². The van der Waals surface area contributed by atoms with Crippen molar-refractivity contribution in [1.82, 2.24) is 14.4 Å². The van der Waals surface area contributed by atoms with Crippen LogP contribution < -0.4 is 10.5 Å². The van der Waals surface area contributed by atoms with Crippen LogP contribution in [0.4, 0.5) is 5.82 Å². The molecule has 33 heavy (non-hydrogen) atoms. The second-order valence-electron chi connectivity index (χ2n) is 9.09. The van der Waals surface area contributed by atoms with Gasteiger partial charge in [0.2, 0.25) is 0 Å². The molecule has 4 rings (SSSR count). The molecule has 1 aromatic rings. The maximum Gasteiger partial charge on any atom is 0.270 e. The van der Waals surface area contributed by atoms with Crippen molar-refractivity contribution in [2.75, 3.05) is 38.1 Å². The van der Waals surface area contributed by atoms with E-state index in [4.69, 9.17) is 12.2 Å². The van der Waals surface area contributed by atoms with Gasteiger partial charge < -0.3 is 9.80 Å². The normalized spacial score (nSPS) is 21.5. The minimum absolute atomic E-state index is 0.0487. The van der Waals surface area contributed by atoms with Gasteiger partial charge in [0.05, 0.1) is 4.91 Å². The highest BCUT2D eigenvalue weighted by molar-refractivity contribution is 8.26. The number of carbonyl (C=O) groups excluding carboxylic acids is 1. The first-order valence-corrected chi connectivity index (χ1v) is 13.0. The summed E-state index contributed by atoms with van der Waals surface area (Å²) in [6, 6.07) is 2.31. The number of thiocarbonyl (C=S) groups is 1. The Morgan fingerprint density at radius 1 is 1.18 bits per heavy atom. The largest absolute Gasteiger partial charge is 0.355 e. The zero-order valence-corrected chi connectivity index (χ0v) is 21.2. The highest BCUT2D eigenvalue weighted by Crippen LogP contribution is 2.39. The number of thioether (sulfide) groups is 1. The molecule has 3 fully saturated rings. The van der Waals surface area contributed by atoms with Gasteiger partial charge in [0.15, 0.2) is 0 Å². The van der Waals surface area contributed by atoms with Crippen molar-refractivity contribution in [3.05, 3.63) is 31.9 Å². The fourth-order valence-corrected chi connectivity index (χ4v) is 6.40. The number of hydrogen-bond donors (Lipinski definition) is 0. The van der Waals surface area contributed by atoms with Gasteiger partial charge in [0.1, 0.15) is 21.8 Å². The number of nitrogens with zero attached hydrogens (tertiary/aromatic N) is 5. The van der Waals surface area contributed by atoms with E-state index in [2.05, 4.69) is 22.9 Å². The second-order valence-corrected chi connectivity index (χ2v) is 10.8. The van der Waals surface area contributed by atoms with E-state index < -0.39 is 0 Å². The lowest BCUT2D eigenvalue weighted by Crippen LogP contribution is -2.47. The number of amides is 1. The zero-order chi connectivity index (χ0) is 23.7. The number of carbonyl (C=O) groups is 1. The molecule has 3 aliphatic rings. The Hall–Kier alpha value is -2.15. The molecule has 2 saturated heterocycles. The predicted octanol–water partition coefficient (Wildman–Crippen LogP) is 3.33. The zero-order valence-electron chi connectivity index (χ0n) is 19.6. The van der Waals surface area contributed by atoms with E-state index in [0.29, 0.717) is 21.3 Å². The van der Waals surface area contributed by atoms with Crippen LogP contribution in [0.1, 0.15) is 55.7 Å². The van der Waals surface area contributed by atoms with Gasteiger partial charge in [-0.25, -0.2) is 0 Å². The molecule has 1 aromatic heterocycles. The third-order valence-corrected chi connectivity index (χ3v) is 8.22. The molecule has 1 aliphatic carbocycles. The van der Waals surface area contributed by atoms with Crippen LogP contribution in [0, 0.1) is 18.3 Å². The number of rotatable bonds is 5. The van der Waals surface area contributed by atoms with E-state index in [1.165, 1.54) is 11.8 Å². The Balaban J connectivity index is 1.85. The fraction of sp³-hybridized carbons (Fsp3) is 0.583. The summed E-state index contributed by atoms with van der Waals surface area (Å²) in [7, 11) is 2.09. The molecule has 0 aromatic carbocycles. The lowest BCUT2D eigenvalue weighted by molar-refractivity contribution is -0.123. The van der Waals surface area contributed by atoms with E-state index in [0.717, 1.165) is 69.7 Å². The molecule has 9 heteroatoms. The molecule has 0 spiro atoms. The van der Waals surface area contributed by atoms with Crippen LogP contribution in [-0.2, 0) is 11.3 Å². The Bertz CT molecular complexity index is 1090. The smallest absolute Gasteiger partial charge is 0.270 e. The van der Waals surface area contributed by atoms with Gasteiger partial charge in [-0.15, -0.1) is 0 Å². The Morgan fingerprint density at radius 3 is 2.45 bits per heavy atom. The van der Waals surface area contributed by atoms with Crippen LogP contribution >= 0.6 is 24.0 Å². The number of hydrogen-bond acceptors (Lipinski definition) is 7. The van der Waals surface area contributed by atoms with Gasteiger partial charge in [-0.3, -0.25) is 19.1 Å². The van der Waals surface area contributed by atoms with Crippen molar-refractivity contribution in [3.8, 4) is 6.07 Å². The van der Waals surface area contributed by atoms with Crippen molar-refractivity contribution in [2.45, 2.75) is 58.5 Å². The van der Waals surface area contributed by atoms with E-state index in [9.17, 15) is 14.9 Å². The van der Waals surface area contributed by atoms with Gasteiger partial charge in [0, 0.05) is 44.3 Å². The molecule has 0 N–H and O–H groups in total. The van der Waals surface area contributed by atoms with Crippen molar-refractivity contribution in [3.63, 3.8) is 0 Å². The number of pyridine rings is 1. The lowest BCUT2D eigenvalue weighted by atomic mass is 10.0. The molecule has 2 aliphatic heterocycles. The topological polar surface area (TPSA) is 72.6 Å². The van der Waals surface area contributed by atoms with Crippen molar-refractivity contribution in [1.29, 1.82) is 5.26 Å². The minimum atomic E-state index is -0.249. The fourth-order valence-electron chi connectivity index (χ4n) is 5.02. The molecular weight excluding hydrogens is 454 g/mol. The summed E-state index contributed by atoms with van der Waals surface area (Å²) in [5.74, 6) is 0.768. The third kappa shape index (κ3) is 4.48. The van der Waals surface area contributed by atoms with Crippen LogP contribution in [0.5, 0.6) is 0 Å². The van der Waals surface area contributed by atoms with Crippen LogP contribution in [0.2, 0.25) is 0 Å². The minimum Gasteiger partial charge on any atom is -0.355 e. The van der Waals surface area contributed by atoms with E-state index in [1.54, 1.807) is 9.47 Å². The molecule has 1 amide bonds. The SMILES string of the molecule is CCCn1c(N2CCN(C)CC2)c(/C=C2/SC(=S)N(C3CCCC3)C2=O)c(C)c(C#N)c1=O. The maximum absolute atomic E-state index is 13.4. The molecule has 3 heterocycles. The summed E-state index contributed by atoms with van der Waals surface area (Å²) in [5, 5.41) is 9.79. The quantitative estimate of drug-likeness (QED) is 0.468. The van der Waals surface area contributed by atoms with Crippen molar-refractivity contribution in [2.24, 2.45) is 0 Å². The second kappa shape index (κ2) is 10.00. The Labute approximate surface area is 205 Å². The summed E-state index contributed by atoms with van der Waals surface area (Å²) >= 11 is 6.93. The van der Waals surface area contributed by atoms with Crippen molar-refractivity contribution >= 4 is 46.1 Å². The number of anilines is 1. The Morgan fingerprint density at radius 2 is 1.85 bits per heavy atom. The summed E-state index contributed by atoms with van der Waals surface area (Å²) in [6.45, 7) is 7.73. The van der Waals surface area contributed by atoms with E-state index >= 15 is 0 Å². The average Bonchev–Trinajstić information content (AvgIpc) is 3.40.